The predicted octanol–water partition coefficient (Wildman–Crippen LogP) is 1.38. The maximum absolute atomic E-state index is 11.8. The van der Waals surface area contributed by atoms with Crippen molar-refractivity contribution in [2.75, 3.05) is 23.9 Å². The monoisotopic (exact) mass is 344 g/mol. The van der Waals surface area contributed by atoms with Crippen LogP contribution in [0.25, 0.3) is 0 Å². The zero-order valence-electron chi connectivity index (χ0n) is 14.4. The Morgan fingerprint density at radius 2 is 2.08 bits per heavy atom. The topological polar surface area (TPSA) is 118 Å². The molecule has 5 N–H and O–H groups in total. The summed E-state index contributed by atoms with van der Waals surface area (Å²) in [4.78, 5) is 22.5. The van der Waals surface area contributed by atoms with Crippen LogP contribution in [-0.2, 0) is 9.53 Å². The van der Waals surface area contributed by atoms with Crippen molar-refractivity contribution in [3.05, 3.63) is 24.3 Å². The Kier molecular flexibility index (Phi) is 4.89. The van der Waals surface area contributed by atoms with Crippen LogP contribution in [0.5, 0.6) is 0 Å². The van der Waals surface area contributed by atoms with Gasteiger partial charge in [-0.05, 0) is 43.9 Å². The number of anilines is 2. The van der Waals surface area contributed by atoms with Crippen molar-refractivity contribution >= 4 is 29.2 Å². The van der Waals surface area contributed by atoms with E-state index >= 15 is 0 Å². The van der Waals surface area contributed by atoms with Gasteiger partial charge >= 0.3 is 0 Å². The van der Waals surface area contributed by atoms with Gasteiger partial charge in [-0.2, -0.15) is 4.99 Å². The van der Waals surface area contributed by atoms with Gasteiger partial charge in [0.15, 0.2) is 0 Å². The van der Waals surface area contributed by atoms with E-state index in [1.807, 2.05) is 29.2 Å². The van der Waals surface area contributed by atoms with Gasteiger partial charge in [0, 0.05) is 18.5 Å². The first-order valence-electron chi connectivity index (χ1n) is 8.43. The molecule has 0 bridgehead atoms. The molecule has 1 aromatic rings. The molecule has 0 atom stereocenters. The Morgan fingerprint density at radius 3 is 2.80 bits per heavy atom. The van der Waals surface area contributed by atoms with Crippen molar-refractivity contribution in [1.29, 1.82) is 0 Å². The molecule has 0 saturated heterocycles. The van der Waals surface area contributed by atoms with Gasteiger partial charge in [0.1, 0.15) is 12.3 Å². The van der Waals surface area contributed by atoms with E-state index in [1.165, 1.54) is 13.5 Å². The molecule has 2 aliphatic rings. The van der Waals surface area contributed by atoms with Gasteiger partial charge in [0.25, 0.3) is 0 Å². The second-order valence-corrected chi connectivity index (χ2v) is 6.35. The summed E-state index contributed by atoms with van der Waals surface area (Å²) in [6.07, 6.45) is 5.03. The van der Waals surface area contributed by atoms with Crippen LogP contribution in [0.3, 0.4) is 0 Å². The highest BCUT2D eigenvalue weighted by atomic mass is 16.5. The molecule has 8 heteroatoms. The van der Waals surface area contributed by atoms with Crippen LogP contribution in [0.15, 0.2) is 34.3 Å². The van der Waals surface area contributed by atoms with Crippen LogP contribution in [0, 0.1) is 0 Å². The number of nitrogens with two attached hydrogens (primary N) is 2. The number of hydrogen-bond donors (Lipinski definition) is 3. The second kappa shape index (κ2) is 7.10. The number of hydrogen-bond acceptors (Lipinski definition) is 7. The number of aliphatic imine (C=N–C) groups is 2. The fourth-order valence-corrected chi connectivity index (χ4v) is 3.55. The Bertz CT molecular complexity index is 709. The highest BCUT2D eigenvalue weighted by molar-refractivity contribution is 6.06. The molecule has 1 fully saturated rings. The number of nitrogens with one attached hydrogen (secondary N) is 1. The Morgan fingerprint density at radius 1 is 1.32 bits per heavy atom. The van der Waals surface area contributed by atoms with Crippen LogP contribution in [-0.4, -0.2) is 37.2 Å². The van der Waals surface area contributed by atoms with Gasteiger partial charge in [-0.1, -0.05) is 12.5 Å². The minimum atomic E-state index is -0.497. The van der Waals surface area contributed by atoms with Crippen molar-refractivity contribution in [3.8, 4) is 0 Å². The lowest BCUT2D eigenvalue weighted by molar-refractivity contribution is -0.119. The number of nitrogens with zero attached hydrogens (tertiary/aromatic N) is 3. The Balaban J connectivity index is 1.93. The molecule has 1 heterocycles. The molecule has 0 aromatic heterocycles. The molecule has 1 amide bonds. The molecular weight excluding hydrogens is 320 g/mol. The van der Waals surface area contributed by atoms with E-state index in [-0.39, 0.29) is 18.5 Å². The second-order valence-electron chi connectivity index (χ2n) is 6.35. The van der Waals surface area contributed by atoms with Gasteiger partial charge in [-0.25, -0.2) is 4.99 Å². The summed E-state index contributed by atoms with van der Waals surface area (Å²) in [5, 5.41) is 2.81. The number of rotatable bonds is 4. The number of carbonyl (C=O) groups is 1. The number of benzene rings is 1. The normalized spacial score (nSPS) is 19.3. The summed E-state index contributed by atoms with van der Waals surface area (Å²) < 4.78 is 4.85. The van der Waals surface area contributed by atoms with Crippen molar-refractivity contribution in [2.24, 2.45) is 21.5 Å². The highest BCUT2D eigenvalue weighted by Crippen LogP contribution is 2.39. The van der Waals surface area contributed by atoms with Gasteiger partial charge in [0.2, 0.25) is 17.8 Å². The number of guanidine groups is 2. The molecule has 1 aromatic carbocycles. The van der Waals surface area contributed by atoms with Gasteiger partial charge in [-0.15, -0.1) is 0 Å². The third kappa shape index (κ3) is 3.58. The molecular formula is C17H24N6O2. The van der Waals surface area contributed by atoms with E-state index in [0.29, 0.717) is 11.6 Å². The number of ether oxygens (including phenoxy) is 1. The maximum Gasteiger partial charge on any atom is 0.250 e. The summed E-state index contributed by atoms with van der Waals surface area (Å²) in [5.41, 5.74) is 13.1. The lowest BCUT2D eigenvalue weighted by atomic mass is 9.87. The molecule has 25 heavy (non-hydrogen) atoms. The Labute approximate surface area is 146 Å². The average Bonchev–Trinajstić information content (AvgIpc) is 2.55. The number of amides is 1. The minimum Gasteiger partial charge on any atom is -0.375 e. The Hall–Kier alpha value is -2.61. The summed E-state index contributed by atoms with van der Waals surface area (Å²) in [5.74, 6) is 0.338. The molecule has 0 radical (unpaired) electrons. The molecule has 134 valence electrons. The zero-order chi connectivity index (χ0) is 17.9. The minimum absolute atomic E-state index is 0.00229. The largest absolute Gasteiger partial charge is 0.375 e. The third-order valence-corrected chi connectivity index (χ3v) is 4.51. The SMILES string of the molecule is COCC(=O)Nc1cccc(N2C(N)=NC(N)=NC23CCCCC3)c1. The summed E-state index contributed by atoms with van der Waals surface area (Å²) in [7, 11) is 1.48. The van der Waals surface area contributed by atoms with Gasteiger partial charge in [0.05, 0.1) is 0 Å². The lowest BCUT2D eigenvalue weighted by Gasteiger charge is -2.45. The van der Waals surface area contributed by atoms with Crippen LogP contribution < -0.4 is 21.7 Å². The van der Waals surface area contributed by atoms with E-state index in [2.05, 4.69) is 15.3 Å². The lowest BCUT2D eigenvalue weighted by Crippen LogP contribution is -2.58. The number of carbonyl (C=O) groups excluding carboxylic acids is 1. The van der Waals surface area contributed by atoms with E-state index < -0.39 is 5.66 Å². The van der Waals surface area contributed by atoms with Crippen LogP contribution >= 0.6 is 0 Å². The van der Waals surface area contributed by atoms with Gasteiger partial charge < -0.3 is 21.5 Å². The smallest absolute Gasteiger partial charge is 0.250 e. The molecule has 0 unspecified atom stereocenters. The van der Waals surface area contributed by atoms with Crippen molar-refractivity contribution in [2.45, 2.75) is 37.8 Å². The molecule has 1 aliphatic heterocycles. The zero-order valence-corrected chi connectivity index (χ0v) is 14.4. The molecule has 8 nitrogen and oxygen atoms in total. The van der Waals surface area contributed by atoms with Crippen LogP contribution in [0.2, 0.25) is 0 Å². The van der Waals surface area contributed by atoms with E-state index in [0.717, 1.165) is 31.4 Å². The standard InChI is InChI=1S/C17H24N6O2/c1-25-11-14(24)20-12-6-5-7-13(10-12)23-16(19)21-15(18)22-17(23)8-3-2-4-9-17/h5-7,10H,2-4,8-9,11H2,1H3,(H,20,24)(H4,18,19,21,22). The van der Waals surface area contributed by atoms with E-state index in [4.69, 9.17) is 16.2 Å². The van der Waals surface area contributed by atoms with Gasteiger partial charge in [-0.3, -0.25) is 9.69 Å². The highest BCUT2D eigenvalue weighted by Gasteiger charge is 2.42. The van der Waals surface area contributed by atoms with Crippen LogP contribution in [0.4, 0.5) is 11.4 Å². The van der Waals surface area contributed by atoms with Crippen molar-refractivity contribution in [3.63, 3.8) is 0 Å². The first-order chi connectivity index (χ1) is 12.0. The predicted molar refractivity (Wildman–Crippen MR) is 98.5 cm³/mol. The summed E-state index contributed by atoms with van der Waals surface area (Å²) in [6.45, 7) is 0.00229. The van der Waals surface area contributed by atoms with Crippen molar-refractivity contribution in [1.82, 2.24) is 0 Å². The van der Waals surface area contributed by atoms with E-state index in [1.54, 1.807) is 0 Å². The summed E-state index contributed by atoms with van der Waals surface area (Å²) >= 11 is 0. The first kappa shape index (κ1) is 17.2. The van der Waals surface area contributed by atoms with E-state index in [9.17, 15) is 4.79 Å². The molecule has 1 saturated carbocycles. The fraction of sp³-hybridized carbons (Fsp3) is 0.471. The maximum atomic E-state index is 11.8. The van der Waals surface area contributed by atoms with Crippen molar-refractivity contribution < 1.29 is 9.53 Å². The third-order valence-electron chi connectivity index (χ3n) is 4.51. The average molecular weight is 344 g/mol. The number of methoxy groups -OCH3 is 1. The molecule has 1 spiro atoms. The molecule has 1 aliphatic carbocycles. The fourth-order valence-electron chi connectivity index (χ4n) is 3.55. The first-order valence-corrected chi connectivity index (χ1v) is 8.43. The quantitative estimate of drug-likeness (QED) is 0.762. The molecule has 3 rings (SSSR count). The van der Waals surface area contributed by atoms with Crippen LogP contribution in [0.1, 0.15) is 32.1 Å². The summed E-state index contributed by atoms with van der Waals surface area (Å²) in [6, 6.07) is 7.48.